The smallest absolute Gasteiger partial charge is 0.304 e. The zero-order valence-electron chi connectivity index (χ0n) is 8.64. The molecule has 0 radical (unpaired) electrons. The second kappa shape index (κ2) is 3.56. The first-order valence-electron chi connectivity index (χ1n) is 5.05. The third-order valence-corrected chi connectivity index (χ3v) is 2.87. The van der Waals surface area contributed by atoms with E-state index in [1.807, 2.05) is 11.9 Å². The zero-order valence-corrected chi connectivity index (χ0v) is 8.64. The molecule has 5 heteroatoms. The number of amides is 1. The van der Waals surface area contributed by atoms with Gasteiger partial charge in [-0.05, 0) is 12.5 Å². The van der Waals surface area contributed by atoms with Crippen molar-refractivity contribution < 1.29 is 14.7 Å². The molecule has 0 saturated carbocycles. The summed E-state index contributed by atoms with van der Waals surface area (Å²) in [6, 6.07) is 0. The molecular formula is C10H14N2O3. The summed E-state index contributed by atoms with van der Waals surface area (Å²) in [7, 11) is 1.93. The lowest BCUT2D eigenvalue weighted by molar-refractivity contribution is -0.142. The third kappa shape index (κ3) is 1.69. The van der Waals surface area contributed by atoms with Gasteiger partial charge in [-0.2, -0.15) is 0 Å². The molecule has 2 aliphatic heterocycles. The summed E-state index contributed by atoms with van der Waals surface area (Å²) in [4.78, 5) is 26.1. The Labute approximate surface area is 88.0 Å². The molecule has 1 fully saturated rings. The van der Waals surface area contributed by atoms with Crippen LogP contribution < -0.4 is 0 Å². The number of rotatable bonds is 2. The largest absolute Gasteiger partial charge is 0.481 e. The SMILES string of the molecule is CN1CCCN2C(=O)C(CC(=O)O)C=C12. The van der Waals surface area contributed by atoms with Crippen molar-refractivity contribution in [3.05, 3.63) is 11.9 Å². The molecule has 1 unspecified atom stereocenters. The van der Waals surface area contributed by atoms with Gasteiger partial charge in [-0.3, -0.25) is 14.5 Å². The maximum atomic E-state index is 11.8. The Kier molecular flexibility index (Phi) is 2.38. The molecule has 0 spiro atoms. The number of nitrogens with zero attached hydrogens (tertiary/aromatic N) is 2. The Hall–Kier alpha value is -1.52. The first kappa shape index (κ1) is 10.0. The fraction of sp³-hybridized carbons (Fsp3) is 0.600. The lowest BCUT2D eigenvalue weighted by Gasteiger charge is -2.33. The van der Waals surface area contributed by atoms with Crippen LogP contribution in [-0.2, 0) is 9.59 Å². The number of hydrogen-bond acceptors (Lipinski definition) is 3. The molecule has 1 atom stereocenters. The minimum absolute atomic E-state index is 0.0704. The van der Waals surface area contributed by atoms with E-state index in [-0.39, 0.29) is 12.3 Å². The predicted octanol–water partition coefficient (Wildman–Crippen LogP) is 0.0964. The number of carboxylic acid groups (broad SMARTS) is 1. The molecule has 0 aromatic carbocycles. The maximum Gasteiger partial charge on any atom is 0.304 e. The van der Waals surface area contributed by atoms with Gasteiger partial charge >= 0.3 is 5.97 Å². The van der Waals surface area contributed by atoms with Gasteiger partial charge in [-0.1, -0.05) is 0 Å². The summed E-state index contributed by atoms with van der Waals surface area (Å²) in [5, 5.41) is 8.68. The second-order valence-electron chi connectivity index (χ2n) is 3.99. The molecule has 0 aromatic rings. The van der Waals surface area contributed by atoms with E-state index in [0.29, 0.717) is 6.54 Å². The van der Waals surface area contributed by atoms with Crippen LogP contribution in [-0.4, -0.2) is 46.9 Å². The molecule has 2 heterocycles. The summed E-state index contributed by atoms with van der Waals surface area (Å²) in [6.45, 7) is 1.64. The summed E-state index contributed by atoms with van der Waals surface area (Å²) in [5.41, 5.74) is 0. The molecule has 5 nitrogen and oxygen atoms in total. The highest BCUT2D eigenvalue weighted by atomic mass is 16.4. The van der Waals surface area contributed by atoms with Crippen molar-refractivity contribution in [2.45, 2.75) is 12.8 Å². The van der Waals surface area contributed by atoms with Crippen molar-refractivity contribution >= 4 is 11.9 Å². The number of aliphatic carboxylic acids is 1. The van der Waals surface area contributed by atoms with Crippen molar-refractivity contribution in [2.75, 3.05) is 20.1 Å². The van der Waals surface area contributed by atoms with Gasteiger partial charge < -0.3 is 10.0 Å². The van der Waals surface area contributed by atoms with Crippen LogP contribution in [0.15, 0.2) is 11.9 Å². The normalized spacial score (nSPS) is 25.3. The first-order chi connectivity index (χ1) is 7.09. The monoisotopic (exact) mass is 210 g/mol. The standard InChI is InChI=1S/C10H14N2O3/c1-11-3-2-4-12-8(11)5-7(10(12)15)6-9(13)14/h5,7H,2-4,6H2,1H3,(H,13,14). The third-order valence-electron chi connectivity index (χ3n) is 2.87. The van der Waals surface area contributed by atoms with Crippen molar-refractivity contribution in [3.63, 3.8) is 0 Å². The van der Waals surface area contributed by atoms with Crippen molar-refractivity contribution in [1.29, 1.82) is 0 Å². The lowest BCUT2D eigenvalue weighted by Crippen LogP contribution is -2.41. The fourth-order valence-electron chi connectivity index (χ4n) is 2.13. The van der Waals surface area contributed by atoms with Crippen LogP contribution in [0.4, 0.5) is 0 Å². The van der Waals surface area contributed by atoms with Gasteiger partial charge in [-0.15, -0.1) is 0 Å². The maximum absolute atomic E-state index is 11.8. The number of carbonyl (C=O) groups excluding carboxylic acids is 1. The Morgan fingerprint density at radius 1 is 1.60 bits per heavy atom. The van der Waals surface area contributed by atoms with E-state index < -0.39 is 11.9 Å². The molecule has 15 heavy (non-hydrogen) atoms. The van der Waals surface area contributed by atoms with Crippen LogP contribution in [0.3, 0.4) is 0 Å². The Morgan fingerprint density at radius 3 is 2.93 bits per heavy atom. The molecule has 1 N–H and O–H groups in total. The number of fused-ring (bicyclic) bond motifs is 1. The highest BCUT2D eigenvalue weighted by Gasteiger charge is 2.36. The van der Waals surface area contributed by atoms with Gasteiger partial charge in [0.15, 0.2) is 0 Å². The van der Waals surface area contributed by atoms with E-state index in [2.05, 4.69) is 0 Å². The lowest BCUT2D eigenvalue weighted by atomic mass is 10.1. The summed E-state index contributed by atoms with van der Waals surface area (Å²) >= 11 is 0. The Morgan fingerprint density at radius 2 is 2.33 bits per heavy atom. The van der Waals surface area contributed by atoms with Gasteiger partial charge in [0.05, 0.1) is 12.3 Å². The van der Waals surface area contributed by atoms with Gasteiger partial charge in [0, 0.05) is 20.1 Å². The Balaban J connectivity index is 2.17. The number of carbonyl (C=O) groups is 2. The molecule has 0 aromatic heterocycles. The van der Waals surface area contributed by atoms with Crippen molar-refractivity contribution in [3.8, 4) is 0 Å². The average Bonchev–Trinajstić information content (AvgIpc) is 2.46. The van der Waals surface area contributed by atoms with Crippen LogP contribution in [0.25, 0.3) is 0 Å². The van der Waals surface area contributed by atoms with Gasteiger partial charge in [0.25, 0.3) is 0 Å². The van der Waals surface area contributed by atoms with E-state index in [0.717, 1.165) is 18.8 Å². The van der Waals surface area contributed by atoms with Gasteiger partial charge in [0.1, 0.15) is 5.82 Å². The van der Waals surface area contributed by atoms with Crippen LogP contribution in [0.1, 0.15) is 12.8 Å². The van der Waals surface area contributed by atoms with Crippen LogP contribution in [0, 0.1) is 5.92 Å². The van der Waals surface area contributed by atoms with Crippen molar-refractivity contribution in [2.24, 2.45) is 5.92 Å². The molecule has 1 amide bonds. The van der Waals surface area contributed by atoms with E-state index in [9.17, 15) is 9.59 Å². The van der Waals surface area contributed by atoms with Crippen LogP contribution in [0.5, 0.6) is 0 Å². The molecule has 82 valence electrons. The molecule has 2 aliphatic rings. The predicted molar refractivity (Wildman–Crippen MR) is 52.8 cm³/mol. The second-order valence-corrected chi connectivity index (χ2v) is 3.99. The van der Waals surface area contributed by atoms with Crippen LogP contribution in [0.2, 0.25) is 0 Å². The zero-order chi connectivity index (χ0) is 11.0. The van der Waals surface area contributed by atoms with E-state index in [1.165, 1.54) is 0 Å². The molecule has 2 rings (SSSR count). The van der Waals surface area contributed by atoms with E-state index in [4.69, 9.17) is 5.11 Å². The molecule has 0 aliphatic carbocycles. The quantitative estimate of drug-likeness (QED) is 0.702. The van der Waals surface area contributed by atoms with Crippen LogP contribution >= 0.6 is 0 Å². The van der Waals surface area contributed by atoms with Crippen molar-refractivity contribution in [1.82, 2.24) is 9.80 Å². The minimum Gasteiger partial charge on any atom is -0.481 e. The first-order valence-corrected chi connectivity index (χ1v) is 5.05. The summed E-state index contributed by atoms with van der Waals surface area (Å²) < 4.78 is 0. The number of carboxylic acids is 1. The fourth-order valence-corrected chi connectivity index (χ4v) is 2.13. The molecule has 0 bridgehead atoms. The van der Waals surface area contributed by atoms with E-state index >= 15 is 0 Å². The summed E-state index contributed by atoms with van der Waals surface area (Å²) in [5.74, 6) is -0.595. The number of hydrogen-bond donors (Lipinski definition) is 1. The average molecular weight is 210 g/mol. The van der Waals surface area contributed by atoms with Gasteiger partial charge in [0.2, 0.25) is 5.91 Å². The topological polar surface area (TPSA) is 60.9 Å². The minimum atomic E-state index is -0.923. The highest BCUT2D eigenvalue weighted by molar-refractivity contribution is 5.88. The van der Waals surface area contributed by atoms with Gasteiger partial charge in [-0.25, -0.2) is 0 Å². The van der Waals surface area contributed by atoms with E-state index in [1.54, 1.807) is 11.0 Å². The molecule has 1 saturated heterocycles. The summed E-state index contributed by atoms with van der Waals surface area (Å²) in [6.07, 6.45) is 2.61. The Bertz CT molecular complexity index is 338. The molecular weight excluding hydrogens is 196 g/mol. The highest BCUT2D eigenvalue weighted by Crippen LogP contribution is 2.28.